The van der Waals surface area contributed by atoms with Crippen LogP contribution in [-0.4, -0.2) is 31.2 Å². The smallest absolute Gasteiger partial charge is 0.243 e. The Hall–Kier alpha value is -2.32. The monoisotopic (exact) mass is 380 g/mol. The Labute approximate surface area is 150 Å². The third-order valence-electron chi connectivity index (χ3n) is 4.32. The number of hydrogen-bond acceptors (Lipinski definition) is 3. The first-order valence-corrected chi connectivity index (χ1v) is 9.57. The summed E-state index contributed by atoms with van der Waals surface area (Å²) < 4.78 is 53.6. The maximum Gasteiger partial charge on any atom is 0.243 e. The average molecular weight is 380 g/mol. The molecular formula is C18H18F2N2O3S. The third kappa shape index (κ3) is 3.61. The number of amides is 1. The van der Waals surface area contributed by atoms with Gasteiger partial charge in [-0.05, 0) is 44.0 Å². The van der Waals surface area contributed by atoms with Gasteiger partial charge in [0, 0.05) is 12.6 Å². The van der Waals surface area contributed by atoms with Gasteiger partial charge in [0.2, 0.25) is 15.9 Å². The summed E-state index contributed by atoms with van der Waals surface area (Å²) in [6.07, 6.45) is 0.856. The number of nitrogens with zero attached hydrogens (tertiary/aromatic N) is 1. The Morgan fingerprint density at radius 1 is 1.15 bits per heavy atom. The normalized spacial score (nSPS) is 18.0. The molecule has 26 heavy (non-hydrogen) atoms. The van der Waals surface area contributed by atoms with Crippen molar-refractivity contribution in [2.45, 2.75) is 30.7 Å². The van der Waals surface area contributed by atoms with Crippen molar-refractivity contribution in [1.29, 1.82) is 0 Å². The van der Waals surface area contributed by atoms with E-state index in [1.165, 1.54) is 12.1 Å². The van der Waals surface area contributed by atoms with Crippen LogP contribution < -0.4 is 5.32 Å². The van der Waals surface area contributed by atoms with E-state index in [-0.39, 0.29) is 17.1 Å². The van der Waals surface area contributed by atoms with E-state index in [0.717, 1.165) is 22.0 Å². The molecule has 2 aromatic carbocycles. The Balaban J connectivity index is 1.83. The molecule has 8 heteroatoms. The SMILES string of the molecule is Cc1ccc(S(=O)(=O)N2CCC[C@@H]2C(=O)Nc2ccc(F)cc2F)cc1. The number of halogens is 2. The molecule has 138 valence electrons. The zero-order valence-electron chi connectivity index (χ0n) is 14.1. The van der Waals surface area contributed by atoms with Crippen LogP contribution in [0.1, 0.15) is 18.4 Å². The van der Waals surface area contributed by atoms with Crippen molar-refractivity contribution in [3.8, 4) is 0 Å². The van der Waals surface area contributed by atoms with Gasteiger partial charge in [-0.15, -0.1) is 0 Å². The summed E-state index contributed by atoms with van der Waals surface area (Å²) >= 11 is 0. The number of hydrogen-bond donors (Lipinski definition) is 1. The minimum Gasteiger partial charge on any atom is -0.322 e. The van der Waals surface area contributed by atoms with Crippen LogP contribution in [0.2, 0.25) is 0 Å². The molecular weight excluding hydrogens is 362 g/mol. The molecule has 0 bridgehead atoms. The van der Waals surface area contributed by atoms with Gasteiger partial charge < -0.3 is 5.32 Å². The quantitative estimate of drug-likeness (QED) is 0.887. The second kappa shape index (κ2) is 7.13. The van der Waals surface area contributed by atoms with E-state index >= 15 is 0 Å². The van der Waals surface area contributed by atoms with E-state index in [9.17, 15) is 22.0 Å². The maximum absolute atomic E-state index is 13.7. The van der Waals surface area contributed by atoms with Crippen molar-refractivity contribution in [2.75, 3.05) is 11.9 Å². The Morgan fingerprint density at radius 2 is 1.85 bits per heavy atom. The molecule has 0 aliphatic carbocycles. The first kappa shape index (κ1) is 18.5. The van der Waals surface area contributed by atoms with Crippen molar-refractivity contribution < 1.29 is 22.0 Å². The van der Waals surface area contributed by atoms with Gasteiger partial charge in [0.05, 0.1) is 10.6 Å². The zero-order valence-corrected chi connectivity index (χ0v) is 14.9. The second-order valence-electron chi connectivity index (χ2n) is 6.20. The van der Waals surface area contributed by atoms with Gasteiger partial charge in [0.15, 0.2) is 0 Å². The molecule has 1 aliphatic heterocycles. The van der Waals surface area contributed by atoms with Crippen LogP contribution in [0.5, 0.6) is 0 Å². The average Bonchev–Trinajstić information content (AvgIpc) is 3.08. The predicted octanol–water partition coefficient (Wildman–Crippen LogP) is 3.07. The molecule has 0 unspecified atom stereocenters. The fourth-order valence-electron chi connectivity index (χ4n) is 2.94. The van der Waals surface area contributed by atoms with Crippen molar-refractivity contribution in [2.24, 2.45) is 0 Å². The predicted molar refractivity (Wildman–Crippen MR) is 93.1 cm³/mol. The van der Waals surface area contributed by atoms with E-state index in [2.05, 4.69) is 5.32 Å². The van der Waals surface area contributed by atoms with Crippen molar-refractivity contribution >= 4 is 21.6 Å². The fourth-order valence-corrected chi connectivity index (χ4v) is 4.60. The Kier molecular flexibility index (Phi) is 5.06. The van der Waals surface area contributed by atoms with Crippen LogP contribution in [0, 0.1) is 18.6 Å². The van der Waals surface area contributed by atoms with Gasteiger partial charge in [0.25, 0.3) is 0 Å². The first-order valence-electron chi connectivity index (χ1n) is 8.13. The molecule has 0 aromatic heterocycles. The summed E-state index contributed by atoms with van der Waals surface area (Å²) in [5.74, 6) is -2.31. The number of nitrogens with one attached hydrogen (secondary N) is 1. The number of anilines is 1. The molecule has 1 heterocycles. The van der Waals surface area contributed by atoms with Gasteiger partial charge in [0.1, 0.15) is 17.7 Å². The minimum absolute atomic E-state index is 0.107. The number of carbonyl (C=O) groups is 1. The zero-order chi connectivity index (χ0) is 18.9. The van der Waals surface area contributed by atoms with Crippen LogP contribution >= 0.6 is 0 Å². The minimum atomic E-state index is -3.84. The molecule has 2 aromatic rings. The molecule has 0 spiro atoms. The van der Waals surface area contributed by atoms with E-state index in [1.807, 2.05) is 6.92 Å². The molecule has 1 amide bonds. The first-order chi connectivity index (χ1) is 12.3. The van der Waals surface area contributed by atoms with Gasteiger partial charge >= 0.3 is 0 Å². The molecule has 1 N–H and O–H groups in total. The van der Waals surface area contributed by atoms with Crippen molar-refractivity contribution in [3.63, 3.8) is 0 Å². The maximum atomic E-state index is 13.7. The van der Waals surface area contributed by atoms with Crippen molar-refractivity contribution in [3.05, 3.63) is 59.7 Å². The molecule has 3 rings (SSSR count). The largest absolute Gasteiger partial charge is 0.322 e. The summed E-state index contributed by atoms with van der Waals surface area (Å²) in [5.41, 5.74) is 0.738. The van der Waals surface area contributed by atoms with Crippen LogP contribution in [0.4, 0.5) is 14.5 Å². The molecule has 1 aliphatic rings. The van der Waals surface area contributed by atoms with E-state index in [4.69, 9.17) is 0 Å². The summed E-state index contributed by atoms with van der Waals surface area (Å²) in [6, 6.07) is 8.22. The molecule has 1 fully saturated rings. The summed E-state index contributed by atoms with van der Waals surface area (Å²) in [5, 5.41) is 2.36. The number of carbonyl (C=O) groups excluding carboxylic acids is 1. The van der Waals surface area contributed by atoms with Crippen LogP contribution in [-0.2, 0) is 14.8 Å². The lowest BCUT2D eigenvalue weighted by molar-refractivity contribution is -0.119. The van der Waals surface area contributed by atoms with E-state index < -0.39 is 33.6 Å². The molecule has 0 radical (unpaired) electrons. The molecule has 5 nitrogen and oxygen atoms in total. The van der Waals surface area contributed by atoms with E-state index in [1.54, 1.807) is 12.1 Å². The number of rotatable bonds is 4. The number of aryl methyl sites for hydroxylation is 1. The van der Waals surface area contributed by atoms with Gasteiger partial charge in [-0.3, -0.25) is 4.79 Å². The Morgan fingerprint density at radius 3 is 2.50 bits per heavy atom. The molecule has 0 saturated carbocycles. The summed E-state index contributed by atoms with van der Waals surface area (Å²) in [4.78, 5) is 12.6. The highest BCUT2D eigenvalue weighted by Crippen LogP contribution is 2.27. The van der Waals surface area contributed by atoms with Crippen LogP contribution in [0.25, 0.3) is 0 Å². The number of benzene rings is 2. The van der Waals surface area contributed by atoms with Crippen LogP contribution in [0.3, 0.4) is 0 Å². The second-order valence-corrected chi connectivity index (χ2v) is 8.09. The van der Waals surface area contributed by atoms with E-state index in [0.29, 0.717) is 18.9 Å². The highest BCUT2D eigenvalue weighted by molar-refractivity contribution is 7.89. The fraction of sp³-hybridized carbons (Fsp3) is 0.278. The highest BCUT2D eigenvalue weighted by atomic mass is 32.2. The summed E-state index contributed by atoms with van der Waals surface area (Å²) in [6.45, 7) is 2.06. The highest BCUT2D eigenvalue weighted by Gasteiger charge is 2.39. The third-order valence-corrected chi connectivity index (χ3v) is 6.25. The standard InChI is InChI=1S/C18H18F2N2O3S/c1-12-4-7-14(8-5-12)26(24,25)22-10-2-3-17(22)18(23)21-16-9-6-13(19)11-15(16)20/h4-9,11,17H,2-3,10H2,1H3,(H,21,23)/t17-/m1/s1. The Bertz CT molecular complexity index is 930. The lowest BCUT2D eigenvalue weighted by atomic mass is 10.2. The lowest BCUT2D eigenvalue weighted by Gasteiger charge is -2.23. The molecule has 1 atom stereocenters. The van der Waals surface area contributed by atoms with Crippen molar-refractivity contribution in [1.82, 2.24) is 4.31 Å². The number of sulfonamides is 1. The molecule has 1 saturated heterocycles. The van der Waals surface area contributed by atoms with Gasteiger partial charge in [-0.2, -0.15) is 4.31 Å². The van der Waals surface area contributed by atoms with Gasteiger partial charge in [-0.1, -0.05) is 17.7 Å². The van der Waals surface area contributed by atoms with Gasteiger partial charge in [-0.25, -0.2) is 17.2 Å². The van der Waals surface area contributed by atoms with Crippen LogP contribution in [0.15, 0.2) is 47.4 Å². The summed E-state index contributed by atoms with van der Waals surface area (Å²) in [7, 11) is -3.84. The lowest BCUT2D eigenvalue weighted by Crippen LogP contribution is -2.43. The topological polar surface area (TPSA) is 66.5 Å².